The summed E-state index contributed by atoms with van der Waals surface area (Å²) in [7, 11) is 1.52. The summed E-state index contributed by atoms with van der Waals surface area (Å²) in [5, 5.41) is 5.50. The molecule has 0 spiro atoms. The average Bonchev–Trinajstić information content (AvgIpc) is 2.93. The number of nitrogens with one attached hydrogen (secondary N) is 2. The monoisotopic (exact) mass is 392 g/mol. The van der Waals surface area contributed by atoms with Crippen LogP contribution in [0.25, 0.3) is 6.08 Å². The topological polar surface area (TPSA) is 76.7 Å². The van der Waals surface area contributed by atoms with Crippen LogP contribution in [0.4, 0.5) is 4.79 Å². The van der Waals surface area contributed by atoms with Crippen LogP contribution in [0.15, 0.2) is 42.1 Å². The number of hydrogen-bond acceptors (Lipinski definition) is 4. The van der Waals surface area contributed by atoms with E-state index in [0.717, 1.165) is 5.56 Å². The quantitative estimate of drug-likeness (QED) is 0.599. The summed E-state index contributed by atoms with van der Waals surface area (Å²) in [6.45, 7) is 0.284. The number of carbonyl (C=O) groups excluding carboxylic acids is 2. The smallest absolute Gasteiger partial charge is 0.326 e. The molecule has 2 aromatic carbocycles. The van der Waals surface area contributed by atoms with Gasteiger partial charge in [-0.15, -0.1) is 0 Å². The third-order valence-electron chi connectivity index (χ3n) is 3.60. The van der Waals surface area contributed by atoms with Crippen molar-refractivity contribution in [1.82, 2.24) is 10.6 Å². The van der Waals surface area contributed by atoms with Crippen LogP contribution in [-0.4, -0.2) is 19.0 Å². The predicted molar refractivity (Wildman–Crippen MR) is 98.4 cm³/mol. The van der Waals surface area contributed by atoms with Crippen LogP contribution < -0.4 is 20.1 Å². The largest absolute Gasteiger partial charge is 0.493 e. The molecule has 1 heterocycles. The molecule has 0 unspecified atom stereocenters. The Morgan fingerprint density at radius 2 is 1.81 bits per heavy atom. The minimum Gasteiger partial charge on any atom is -0.493 e. The summed E-state index contributed by atoms with van der Waals surface area (Å²) in [5.74, 6) is 0.540. The summed E-state index contributed by atoms with van der Waals surface area (Å²) in [4.78, 5) is 22.7. The van der Waals surface area contributed by atoms with E-state index in [1.807, 2.05) is 6.07 Å². The minimum absolute atomic E-state index is 0.168. The predicted octanol–water partition coefficient (Wildman–Crippen LogP) is 3.76. The lowest BCUT2D eigenvalue weighted by atomic mass is 10.1. The Bertz CT molecular complexity index is 912. The Kier molecular flexibility index (Phi) is 5.35. The van der Waals surface area contributed by atoms with Crippen molar-refractivity contribution in [2.24, 2.45) is 0 Å². The summed E-state index contributed by atoms with van der Waals surface area (Å²) in [6.07, 6.45) is 1.55. The van der Waals surface area contributed by atoms with Crippen molar-refractivity contribution in [3.63, 3.8) is 0 Å². The van der Waals surface area contributed by atoms with Crippen molar-refractivity contribution in [2.75, 3.05) is 7.11 Å². The van der Waals surface area contributed by atoms with E-state index in [4.69, 9.17) is 32.7 Å². The molecule has 6 nitrogen and oxygen atoms in total. The molecule has 1 aliphatic heterocycles. The van der Waals surface area contributed by atoms with Gasteiger partial charge in [0.25, 0.3) is 5.91 Å². The first-order chi connectivity index (χ1) is 12.5. The Morgan fingerprint density at radius 1 is 1.00 bits per heavy atom. The zero-order valence-electron chi connectivity index (χ0n) is 13.6. The number of methoxy groups -OCH3 is 1. The maximum atomic E-state index is 11.6. The molecule has 26 heavy (non-hydrogen) atoms. The van der Waals surface area contributed by atoms with Crippen LogP contribution >= 0.6 is 23.2 Å². The molecular formula is C18H14Cl2N2O4. The van der Waals surface area contributed by atoms with E-state index < -0.39 is 11.9 Å². The van der Waals surface area contributed by atoms with E-state index in [1.54, 1.807) is 36.4 Å². The number of imide groups is 1. The van der Waals surface area contributed by atoms with Gasteiger partial charge in [-0.3, -0.25) is 10.1 Å². The van der Waals surface area contributed by atoms with Crippen LogP contribution in [0.2, 0.25) is 10.0 Å². The van der Waals surface area contributed by atoms with Gasteiger partial charge in [0.2, 0.25) is 0 Å². The molecule has 1 saturated heterocycles. The highest BCUT2D eigenvalue weighted by atomic mass is 35.5. The first kappa shape index (κ1) is 18.1. The lowest BCUT2D eigenvalue weighted by Crippen LogP contribution is -2.22. The molecule has 0 bridgehead atoms. The van der Waals surface area contributed by atoms with E-state index in [0.29, 0.717) is 27.1 Å². The molecule has 3 amide bonds. The fourth-order valence-corrected chi connectivity index (χ4v) is 2.65. The first-order valence-electron chi connectivity index (χ1n) is 7.55. The molecule has 3 rings (SSSR count). The average molecular weight is 393 g/mol. The Hall–Kier alpha value is -2.70. The van der Waals surface area contributed by atoms with E-state index >= 15 is 0 Å². The lowest BCUT2D eigenvalue weighted by Gasteiger charge is -2.12. The Balaban J connectivity index is 1.76. The highest BCUT2D eigenvalue weighted by Crippen LogP contribution is 2.30. The van der Waals surface area contributed by atoms with Gasteiger partial charge in [-0.25, -0.2) is 4.79 Å². The second-order valence-corrected chi connectivity index (χ2v) is 6.23. The van der Waals surface area contributed by atoms with Crippen molar-refractivity contribution in [3.05, 3.63) is 63.3 Å². The molecule has 0 saturated carbocycles. The molecule has 0 radical (unpaired) electrons. The van der Waals surface area contributed by atoms with Gasteiger partial charge in [0.05, 0.1) is 17.2 Å². The highest BCUT2D eigenvalue weighted by molar-refractivity contribution is 6.42. The van der Waals surface area contributed by atoms with Crippen LogP contribution in [-0.2, 0) is 11.4 Å². The second kappa shape index (κ2) is 7.68. The summed E-state index contributed by atoms with van der Waals surface area (Å²) in [6, 6.07) is 9.88. The van der Waals surface area contributed by atoms with Crippen LogP contribution in [0.5, 0.6) is 11.5 Å². The first-order valence-corrected chi connectivity index (χ1v) is 8.30. The van der Waals surface area contributed by atoms with E-state index in [2.05, 4.69) is 10.6 Å². The van der Waals surface area contributed by atoms with Crippen molar-refractivity contribution < 1.29 is 19.1 Å². The van der Waals surface area contributed by atoms with Gasteiger partial charge in [-0.05, 0) is 41.5 Å². The van der Waals surface area contributed by atoms with E-state index in [-0.39, 0.29) is 12.3 Å². The van der Waals surface area contributed by atoms with E-state index in [9.17, 15) is 9.59 Å². The van der Waals surface area contributed by atoms with Crippen LogP contribution in [0.1, 0.15) is 11.1 Å². The lowest BCUT2D eigenvalue weighted by molar-refractivity contribution is -0.115. The van der Waals surface area contributed by atoms with Crippen LogP contribution in [0.3, 0.4) is 0 Å². The normalized spacial score (nSPS) is 15.0. The molecule has 134 valence electrons. The fourth-order valence-electron chi connectivity index (χ4n) is 2.33. The Labute approximate surface area is 159 Å². The number of hydrogen-bond donors (Lipinski definition) is 2. The van der Waals surface area contributed by atoms with Gasteiger partial charge in [0, 0.05) is 0 Å². The molecule has 8 heteroatoms. The number of ether oxygens (including phenoxy) is 2. The number of urea groups is 1. The van der Waals surface area contributed by atoms with Crippen molar-refractivity contribution in [1.29, 1.82) is 0 Å². The summed E-state index contributed by atoms with van der Waals surface area (Å²) < 4.78 is 11.1. The van der Waals surface area contributed by atoms with Crippen molar-refractivity contribution >= 4 is 41.2 Å². The van der Waals surface area contributed by atoms with Gasteiger partial charge >= 0.3 is 6.03 Å². The number of carbonyl (C=O) groups is 2. The molecule has 2 N–H and O–H groups in total. The number of halogens is 2. The van der Waals surface area contributed by atoms with Gasteiger partial charge in [0.1, 0.15) is 12.3 Å². The second-order valence-electron chi connectivity index (χ2n) is 5.41. The molecular weight excluding hydrogens is 379 g/mol. The van der Waals surface area contributed by atoms with E-state index in [1.165, 1.54) is 7.11 Å². The molecule has 2 aromatic rings. The Morgan fingerprint density at radius 3 is 2.46 bits per heavy atom. The third kappa shape index (κ3) is 4.09. The molecule has 1 fully saturated rings. The van der Waals surface area contributed by atoms with Gasteiger partial charge in [-0.2, -0.15) is 0 Å². The van der Waals surface area contributed by atoms with Crippen LogP contribution in [0, 0.1) is 0 Å². The maximum absolute atomic E-state index is 11.6. The van der Waals surface area contributed by atoms with Crippen molar-refractivity contribution in [2.45, 2.75) is 6.61 Å². The van der Waals surface area contributed by atoms with Gasteiger partial charge in [0.15, 0.2) is 11.5 Å². The van der Waals surface area contributed by atoms with Gasteiger partial charge in [-0.1, -0.05) is 35.3 Å². The number of amides is 3. The standard InChI is InChI=1S/C18H14Cl2N2O4/c1-25-16-8-10(7-14-17(23)22-18(24)21-14)3-5-15(16)26-9-11-2-4-12(19)13(20)6-11/h2-8H,9H2,1H3,(H2,21,22,23,24)/b14-7+. The highest BCUT2D eigenvalue weighted by Gasteiger charge is 2.22. The van der Waals surface area contributed by atoms with Gasteiger partial charge < -0.3 is 14.8 Å². The minimum atomic E-state index is -0.546. The molecule has 0 aromatic heterocycles. The zero-order chi connectivity index (χ0) is 18.7. The third-order valence-corrected chi connectivity index (χ3v) is 4.34. The van der Waals surface area contributed by atoms with Crippen molar-refractivity contribution in [3.8, 4) is 11.5 Å². The molecule has 0 aliphatic carbocycles. The molecule has 0 atom stereocenters. The SMILES string of the molecule is COc1cc(/C=C2/NC(=O)NC2=O)ccc1OCc1ccc(Cl)c(Cl)c1. The number of benzene rings is 2. The summed E-state index contributed by atoms with van der Waals surface area (Å²) >= 11 is 11.9. The zero-order valence-corrected chi connectivity index (χ0v) is 15.1. The summed E-state index contributed by atoms with van der Waals surface area (Å²) in [5.41, 5.74) is 1.70. The number of rotatable bonds is 5. The fraction of sp³-hybridized carbons (Fsp3) is 0.111. The molecule has 1 aliphatic rings. The maximum Gasteiger partial charge on any atom is 0.326 e.